The molecular weight excluding hydrogens is 505 g/mol. The first-order valence-corrected chi connectivity index (χ1v) is 12.5. The molecule has 5 rings (SSSR count). The normalized spacial score (nSPS) is 15.2. The molecule has 1 aromatic heterocycles. The second-order valence-electron chi connectivity index (χ2n) is 8.68. The molecular formula is C27H28Cl3N3O2. The molecule has 184 valence electrons. The summed E-state index contributed by atoms with van der Waals surface area (Å²) in [6.07, 6.45) is 1.85. The molecule has 1 aliphatic heterocycles. The van der Waals surface area contributed by atoms with Crippen LogP contribution >= 0.6 is 35.6 Å². The minimum absolute atomic E-state index is 0. The highest BCUT2D eigenvalue weighted by Crippen LogP contribution is 2.33. The molecule has 0 spiro atoms. The summed E-state index contributed by atoms with van der Waals surface area (Å²) in [6.45, 7) is 5.45. The Morgan fingerprint density at radius 3 is 2.49 bits per heavy atom. The van der Waals surface area contributed by atoms with Crippen molar-refractivity contribution in [1.82, 2.24) is 10.2 Å². The third-order valence-electron chi connectivity index (χ3n) is 6.53. The van der Waals surface area contributed by atoms with Crippen LogP contribution in [-0.2, 0) is 0 Å². The largest absolute Gasteiger partial charge is 0.456 e. The van der Waals surface area contributed by atoms with E-state index < -0.39 is 0 Å². The highest BCUT2D eigenvalue weighted by Gasteiger charge is 2.26. The first-order valence-electron chi connectivity index (χ1n) is 11.7. The highest BCUT2D eigenvalue weighted by molar-refractivity contribution is 6.43. The average Bonchev–Trinajstić information content (AvgIpc) is 3.23. The number of hydrogen-bond acceptors (Lipinski definition) is 4. The Balaban J connectivity index is 0.00000289. The van der Waals surface area contributed by atoms with Gasteiger partial charge in [-0.2, -0.15) is 0 Å². The van der Waals surface area contributed by atoms with Crippen LogP contribution in [-0.4, -0.2) is 43.2 Å². The first-order chi connectivity index (χ1) is 16.5. The molecule has 1 amide bonds. The molecule has 35 heavy (non-hydrogen) atoms. The molecule has 1 aliphatic rings. The second kappa shape index (κ2) is 11.1. The Morgan fingerprint density at radius 2 is 1.71 bits per heavy atom. The number of nitrogens with one attached hydrogen (secondary N) is 1. The summed E-state index contributed by atoms with van der Waals surface area (Å²) in [5, 5.41) is 6.42. The van der Waals surface area contributed by atoms with Crippen LogP contribution in [0, 0.1) is 0 Å². The minimum Gasteiger partial charge on any atom is -0.456 e. The number of carbonyl (C=O) groups is 1. The van der Waals surface area contributed by atoms with Crippen LogP contribution in [0.3, 0.4) is 0 Å². The van der Waals surface area contributed by atoms with E-state index in [4.69, 9.17) is 27.6 Å². The lowest BCUT2D eigenvalue weighted by Crippen LogP contribution is -2.56. The molecule has 0 bridgehead atoms. The van der Waals surface area contributed by atoms with Crippen LogP contribution in [0.25, 0.3) is 21.9 Å². The Bertz CT molecular complexity index is 1330. The Kier molecular flexibility index (Phi) is 8.12. The van der Waals surface area contributed by atoms with Gasteiger partial charge in [-0.15, -0.1) is 12.4 Å². The number of hydrogen-bond donors (Lipinski definition) is 1. The molecule has 0 saturated carbocycles. The number of amides is 1. The zero-order valence-electron chi connectivity index (χ0n) is 19.5. The van der Waals surface area contributed by atoms with E-state index in [0.29, 0.717) is 15.6 Å². The monoisotopic (exact) mass is 531 g/mol. The van der Waals surface area contributed by atoms with Crippen LogP contribution in [0.5, 0.6) is 0 Å². The van der Waals surface area contributed by atoms with E-state index >= 15 is 0 Å². The van der Waals surface area contributed by atoms with Crippen LogP contribution in [0.1, 0.15) is 30.1 Å². The van der Waals surface area contributed by atoms with Gasteiger partial charge in [-0.05, 0) is 42.8 Å². The predicted molar refractivity (Wildman–Crippen MR) is 147 cm³/mol. The Morgan fingerprint density at radius 1 is 0.971 bits per heavy atom. The lowest BCUT2D eigenvalue weighted by molar-refractivity contribution is 0.0824. The summed E-state index contributed by atoms with van der Waals surface area (Å²) >= 11 is 12.6. The van der Waals surface area contributed by atoms with Crippen molar-refractivity contribution >= 4 is 69.1 Å². The van der Waals surface area contributed by atoms with Crippen molar-refractivity contribution in [2.24, 2.45) is 0 Å². The molecule has 1 unspecified atom stereocenters. The van der Waals surface area contributed by atoms with Crippen molar-refractivity contribution in [3.8, 4) is 0 Å². The minimum atomic E-state index is -0.0639. The summed E-state index contributed by atoms with van der Waals surface area (Å²) in [4.78, 5) is 17.8. The van der Waals surface area contributed by atoms with Crippen molar-refractivity contribution in [3.05, 3.63) is 76.3 Å². The van der Waals surface area contributed by atoms with Crippen molar-refractivity contribution < 1.29 is 9.21 Å². The zero-order chi connectivity index (χ0) is 23.7. The van der Waals surface area contributed by atoms with Crippen LogP contribution in [0.4, 0.5) is 5.69 Å². The van der Waals surface area contributed by atoms with E-state index in [1.165, 1.54) is 0 Å². The summed E-state index contributed by atoms with van der Waals surface area (Å²) < 4.78 is 5.90. The van der Waals surface area contributed by atoms with Gasteiger partial charge in [0.15, 0.2) is 0 Å². The van der Waals surface area contributed by atoms with E-state index in [0.717, 1.165) is 66.6 Å². The summed E-state index contributed by atoms with van der Waals surface area (Å²) in [7, 11) is 0. The van der Waals surface area contributed by atoms with Crippen LogP contribution < -0.4 is 10.2 Å². The summed E-state index contributed by atoms with van der Waals surface area (Å²) in [5.74, 6) is -0.0639. The van der Waals surface area contributed by atoms with Gasteiger partial charge >= 0.3 is 0 Å². The Hall–Kier alpha value is -2.44. The van der Waals surface area contributed by atoms with E-state index in [1.54, 1.807) is 6.07 Å². The molecule has 0 aliphatic carbocycles. The van der Waals surface area contributed by atoms with Gasteiger partial charge in [0, 0.05) is 42.5 Å². The number of benzene rings is 3. The van der Waals surface area contributed by atoms with Gasteiger partial charge in [-0.1, -0.05) is 60.8 Å². The summed E-state index contributed by atoms with van der Waals surface area (Å²) in [5.41, 5.74) is 3.23. The molecule has 5 nitrogen and oxygen atoms in total. The fourth-order valence-electron chi connectivity index (χ4n) is 4.73. The fourth-order valence-corrected chi connectivity index (χ4v) is 5.15. The van der Waals surface area contributed by atoms with E-state index in [1.807, 2.05) is 54.6 Å². The number of furan rings is 1. The van der Waals surface area contributed by atoms with Gasteiger partial charge in [0.2, 0.25) is 0 Å². The lowest BCUT2D eigenvalue weighted by atomic mass is 10.1. The van der Waals surface area contributed by atoms with E-state index in [9.17, 15) is 4.79 Å². The maximum atomic E-state index is 13.2. The standard InChI is InChI=1S/C27H27Cl2N3O2.ClH/c1-2-6-25(32-15-13-31(14-16-32)22-9-5-8-21(28)26(22)29)30-27(33)18-11-12-24-20(17-18)19-7-3-4-10-23(19)34-24;/h3-5,7-12,17,25H,2,6,13-16H2,1H3,(H,30,33);1H. The number of rotatable bonds is 6. The van der Waals surface area contributed by atoms with Crippen molar-refractivity contribution in [2.75, 3.05) is 31.1 Å². The van der Waals surface area contributed by atoms with Crippen molar-refractivity contribution in [1.29, 1.82) is 0 Å². The molecule has 0 radical (unpaired) electrons. The van der Waals surface area contributed by atoms with Gasteiger partial charge in [0.05, 0.1) is 21.9 Å². The predicted octanol–water partition coefficient (Wildman–Crippen LogP) is 6.99. The second-order valence-corrected chi connectivity index (χ2v) is 9.47. The maximum absolute atomic E-state index is 13.2. The third-order valence-corrected chi connectivity index (χ3v) is 7.33. The molecule has 1 fully saturated rings. The quantitative estimate of drug-likeness (QED) is 0.291. The number of para-hydroxylation sites is 1. The fraction of sp³-hybridized carbons (Fsp3) is 0.296. The van der Waals surface area contributed by atoms with Gasteiger partial charge < -0.3 is 14.6 Å². The van der Waals surface area contributed by atoms with Gasteiger partial charge in [-0.3, -0.25) is 9.69 Å². The number of nitrogens with zero attached hydrogens (tertiary/aromatic N) is 2. The third kappa shape index (κ3) is 5.24. The molecule has 8 heteroatoms. The summed E-state index contributed by atoms with van der Waals surface area (Å²) in [6, 6.07) is 19.3. The smallest absolute Gasteiger partial charge is 0.252 e. The molecule has 1 N–H and O–H groups in total. The van der Waals surface area contributed by atoms with E-state index in [2.05, 4.69) is 22.0 Å². The molecule has 1 atom stereocenters. The van der Waals surface area contributed by atoms with Crippen LogP contribution in [0.2, 0.25) is 10.0 Å². The molecule has 2 heterocycles. The topological polar surface area (TPSA) is 48.7 Å². The molecule has 4 aromatic rings. The van der Waals surface area contributed by atoms with Crippen molar-refractivity contribution in [3.63, 3.8) is 0 Å². The van der Waals surface area contributed by atoms with Gasteiger partial charge in [0.1, 0.15) is 11.2 Å². The highest BCUT2D eigenvalue weighted by atomic mass is 35.5. The first kappa shape index (κ1) is 25.6. The SMILES string of the molecule is CCCC(NC(=O)c1ccc2oc3ccccc3c2c1)N1CCN(c2cccc(Cl)c2Cl)CC1.Cl. The van der Waals surface area contributed by atoms with Crippen LogP contribution in [0.15, 0.2) is 65.1 Å². The number of carbonyl (C=O) groups excluding carboxylic acids is 1. The molecule has 3 aromatic carbocycles. The van der Waals surface area contributed by atoms with Crippen molar-refractivity contribution in [2.45, 2.75) is 25.9 Å². The Labute approximate surface area is 221 Å². The lowest BCUT2D eigenvalue weighted by Gasteiger charge is -2.40. The average molecular weight is 533 g/mol. The number of fused-ring (bicyclic) bond motifs is 3. The number of anilines is 1. The van der Waals surface area contributed by atoms with E-state index in [-0.39, 0.29) is 24.5 Å². The maximum Gasteiger partial charge on any atom is 0.252 e. The zero-order valence-corrected chi connectivity index (χ0v) is 21.8. The number of piperazine rings is 1. The van der Waals surface area contributed by atoms with Gasteiger partial charge in [-0.25, -0.2) is 0 Å². The molecule has 1 saturated heterocycles. The number of halogens is 3. The van der Waals surface area contributed by atoms with Gasteiger partial charge in [0.25, 0.3) is 5.91 Å².